The summed E-state index contributed by atoms with van der Waals surface area (Å²) < 4.78 is 0. The van der Waals surface area contributed by atoms with Gasteiger partial charge in [-0.25, -0.2) is 0 Å². The molecule has 0 radical (unpaired) electrons. The Morgan fingerprint density at radius 1 is 1.20 bits per heavy atom. The molecule has 1 aromatic rings. The summed E-state index contributed by atoms with van der Waals surface area (Å²) in [4.78, 5) is 31.5. The van der Waals surface area contributed by atoms with Crippen molar-refractivity contribution in [1.29, 1.82) is 0 Å². The smallest absolute Gasteiger partial charge is 0.231 e. The van der Waals surface area contributed by atoms with Gasteiger partial charge in [0.2, 0.25) is 11.8 Å². The average molecular weight is 362 g/mol. The summed E-state index contributed by atoms with van der Waals surface area (Å²) in [6.07, 6.45) is 2.93. The van der Waals surface area contributed by atoms with E-state index in [9.17, 15) is 9.59 Å². The Kier molecular flexibility index (Phi) is 4.15. The molecule has 0 aromatic carbocycles. The van der Waals surface area contributed by atoms with Crippen molar-refractivity contribution < 1.29 is 9.59 Å². The van der Waals surface area contributed by atoms with E-state index < -0.39 is 0 Å². The van der Waals surface area contributed by atoms with Crippen LogP contribution in [-0.4, -0.2) is 66.3 Å². The molecule has 3 saturated heterocycles. The highest BCUT2D eigenvalue weighted by atomic mass is 32.1. The normalized spacial score (nSPS) is 29.3. The second-order valence-electron chi connectivity index (χ2n) is 8.12. The largest absolute Gasteiger partial charge is 0.345 e. The Bertz CT molecular complexity index is 666. The molecule has 0 unspecified atom stereocenters. The molecule has 0 saturated carbocycles. The topological polar surface area (TPSA) is 43.9 Å². The van der Waals surface area contributed by atoms with Crippen LogP contribution < -0.4 is 0 Å². The van der Waals surface area contributed by atoms with Gasteiger partial charge in [0.25, 0.3) is 0 Å². The van der Waals surface area contributed by atoms with Crippen molar-refractivity contribution in [2.45, 2.75) is 32.7 Å². The van der Waals surface area contributed by atoms with E-state index in [-0.39, 0.29) is 22.6 Å². The number of carbonyl (C=O) groups is 2. The molecule has 1 aromatic heterocycles. The standard InChI is InChI=1S/C19H27N3O2S/c1-15(23)22-13-18(19(14-22)6-7-20(2)17(19)24)4-8-21(9-5-18)11-16-3-10-25-12-16/h3,10,12H,4-9,11,13-14H2,1-2H3/t19-/m0/s1. The monoisotopic (exact) mass is 361 g/mol. The minimum absolute atomic E-state index is 0.0361. The van der Waals surface area contributed by atoms with E-state index in [0.29, 0.717) is 6.54 Å². The third kappa shape index (κ3) is 2.61. The Labute approximate surface area is 153 Å². The molecule has 3 aliphatic heterocycles. The predicted molar refractivity (Wildman–Crippen MR) is 98.2 cm³/mol. The zero-order valence-corrected chi connectivity index (χ0v) is 16.0. The van der Waals surface area contributed by atoms with Gasteiger partial charge in [-0.05, 0) is 54.7 Å². The molecule has 3 aliphatic rings. The van der Waals surface area contributed by atoms with Gasteiger partial charge < -0.3 is 9.80 Å². The van der Waals surface area contributed by atoms with E-state index >= 15 is 0 Å². The van der Waals surface area contributed by atoms with Crippen LogP contribution in [0.1, 0.15) is 31.7 Å². The molecule has 1 atom stereocenters. The first-order valence-electron chi connectivity index (χ1n) is 9.20. The molecule has 0 N–H and O–H groups in total. The van der Waals surface area contributed by atoms with Crippen LogP contribution in [0.4, 0.5) is 0 Å². The highest BCUT2D eigenvalue weighted by Gasteiger charge is 2.65. The Balaban J connectivity index is 1.55. The summed E-state index contributed by atoms with van der Waals surface area (Å²) in [5.41, 5.74) is 0.997. The summed E-state index contributed by atoms with van der Waals surface area (Å²) in [7, 11) is 1.91. The number of likely N-dealkylation sites (tertiary alicyclic amines) is 3. The predicted octanol–water partition coefficient (Wildman–Crippen LogP) is 2.04. The second-order valence-corrected chi connectivity index (χ2v) is 8.90. The maximum atomic E-state index is 13.1. The number of thiophene rings is 1. The molecule has 136 valence electrons. The molecule has 5 nitrogen and oxygen atoms in total. The van der Waals surface area contributed by atoms with Gasteiger partial charge in [-0.3, -0.25) is 14.5 Å². The molecular formula is C19H27N3O2S. The van der Waals surface area contributed by atoms with Crippen molar-refractivity contribution in [3.8, 4) is 0 Å². The number of amides is 2. The van der Waals surface area contributed by atoms with E-state index in [1.165, 1.54) is 5.56 Å². The number of piperidine rings is 1. The van der Waals surface area contributed by atoms with E-state index in [0.717, 1.165) is 52.0 Å². The van der Waals surface area contributed by atoms with Crippen LogP contribution in [0, 0.1) is 10.8 Å². The third-order valence-corrected chi connectivity index (χ3v) is 7.58. The van der Waals surface area contributed by atoms with Crippen molar-refractivity contribution in [3.63, 3.8) is 0 Å². The first-order valence-corrected chi connectivity index (χ1v) is 10.1. The number of hydrogen-bond donors (Lipinski definition) is 0. The van der Waals surface area contributed by atoms with Crippen molar-refractivity contribution >= 4 is 23.2 Å². The van der Waals surface area contributed by atoms with Crippen LogP contribution in [0.25, 0.3) is 0 Å². The number of rotatable bonds is 2. The number of hydrogen-bond acceptors (Lipinski definition) is 4. The van der Waals surface area contributed by atoms with Crippen molar-refractivity contribution in [3.05, 3.63) is 22.4 Å². The SMILES string of the molecule is CC(=O)N1CC2(CCN(Cc3ccsc3)CC2)[C@@]2(CCN(C)C2=O)C1. The lowest BCUT2D eigenvalue weighted by Gasteiger charge is -2.46. The minimum Gasteiger partial charge on any atom is -0.345 e. The van der Waals surface area contributed by atoms with Gasteiger partial charge in [0.1, 0.15) is 0 Å². The highest BCUT2D eigenvalue weighted by Crippen LogP contribution is 2.57. The zero-order chi connectivity index (χ0) is 17.7. The van der Waals surface area contributed by atoms with Gasteiger partial charge in [-0.1, -0.05) is 0 Å². The van der Waals surface area contributed by atoms with Gasteiger partial charge >= 0.3 is 0 Å². The molecule has 0 aliphatic carbocycles. The molecule has 2 spiro atoms. The average Bonchev–Trinajstić information content (AvgIpc) is 3.28. The summed E-state index contributed by atoms with van der Waals surface area (Å²) in [6.45, 7) is 6.87. The van der Waals surface area contributed by atoms with Crippen molar-refractivity contribution in [2.24, 2.45) is 10.8 Å². The molecule has 2 amide bonds. The maximum absolute atomic E-state index is 13.1. The lowest BCUT2D eigenvalue weighted by atomic mass is 9.60. The number of carbonyl (C=O) groups excluding carboxylic acids is 2. The first-order chi connectivity index (χ1) is 12.0. The van der Waals surface area contributed by atoms with E-state index in [4.69, 9.17) is 0 Å². The number of fused-ring (bicyclic) bond motifs is 1. The van der Waals surface area contributed by atoms with Gasteiger partial charge in [0.15, 0.2) is 0 Å². The van der Waals surface area contributed by atoms with Crippen LogP contribution >= 0.6 is 11.3 Å². The zero-order valence-electron chi connectivity index (χ0n) is 15.2. The summed E-state index contributed by atoms with van der Waals surface area (Å²) in [6, 6.07) is 2.19. The molecule has 6 heteroatoms. The van der Waals surface area contributed by atoms with Gasteiger partial charge in [-0.2, -0.15) is 11.3 Å². The van der Waals surface area contributed by atoms with E-state index in [1.54, 1.807) is 18.3 Å². The second kappa shape index (κ2) is 6.09. The quantitative estimate of drug-likeness (QED) is 0.810. The molecular weight excluding hydrogens is 334 g/mol. The van der Waals surface area contributed by atoms with Crippen molar-refractivity contribution in [1.82, 2.24) is 14.7 Å². The molecule has 4 rings (SSSR count). The van der Waals surface area contributed by atoms with E-state index in [2.05, 4.69) is 21.7 Å². The van der Waals surface area contributed by atoms with Crippen LogP contribution in [0.2, 0.25) is 0 Å². The fourth-order valence-electron chi connectivity index (χ4n) is 5.28. The maximum Gasteiger partial charge on any atom is 0.231 e. The van der Waals surface area contributed by atoms with Crippen molar-refractivity contribution in [2.75, 3.05) is 39.8 Å². The van der Waals surface area contributed by atoms with Gasteiger partial charge in [0.05, 0.1) is 5.41 Å². The van der Waals surface area contributed by atoms with Crippen LogP contribution in [0.5, 0.6) is 0 Å². The van der Waals surface area contributed by atoms with Crippen LogP contribution in [0.15, 0.2) is 16.8 Å². The molecule has 25 heavy (non-hydrogen) atoms. The minimum atomic E-state index is -0.345. The lowest BCUT2D eigenvalue weighted by molar-refractivity contribution is -0.141. The van der Waals surface area contributed by atoms with Crippen LogP contribution in [0.3, 0.4) is 0 Å². The summed E-state index contributed by atoms with van der Waals surface area (Å²) >= 11 is 1.75. The fraction of sp³-hybridized carbons (Fsp3) is 0.684. The Morgan fingerprint density at radius 2 is 1.96 bits per heavy atom. The first kappa shape index (κ1) is 17.0. The van der Waals surface area contributed by atoms with Crippen LogP contribution in [-0.2, 0) is 16.1 Å². The Morgan fingerprint density at radius 3 is 2.52 bits per heavy atom. The lowest BCUT2D eigenvalue weighted by Crippen LogP contribution is -2.52. The molecule has 3 fully saturated rings. The molecule has 0 bridgehead atoms. The Hall–Kier alpha value is -1.40. The fourth-order valence-corrected chi connectivity index (χ4v) is 5.94. The van der Waals surface area contributed by atoms with Gasteiger partial charge in [0, 0.05) is 45.6 Å². The van der Waals surface area contributed by atoms with Gasteiger partial charge in [-0.15, -0.1) is 0 Å². The molecule has 4 heterocycles. The summed E-state index contributed by atoms with van der Waals surface area (Å²) in [5.74, 6) is 0.377. The third-order valence-electron chi connectivity index (χ3n) is 6.84. The number of nitrogens with zero attached hydrogens (tertiary/aromatic N) is 3. The summed E-state index contributed by atoms with van der Waals surface area (Å²) in [5, 5.41) is 4.35. The van der Waals surface area contributed by atoms with E-state index in [1.807, 2.05) is 16.8 Å². The highest BCUT2D eigenvalue weighted by molar-refractivity contribution is 7.07.